The molecule has 0 atom stereocenters. The number of hydrogen-bond acceptors (Lipinski definition) is 7. The first-order valence-electron chi connectivity index (χ1n) is 10.2. The molecule has 0 saturated carbocycles. The van der Waals surface area contributed by atoms with E-state index in [0.717, 1.165) is 28.9 Å². The van der Waals surface area contributed by atoms with Crippen LogP contribution < -0.4 is 11.1 Å². The molecule has 3 N–H and O–H groups in total. The zero-order chi connectivity index (χ0) is 22.9. The average Bonchev–Trinajstić information content (AvgIpc) is 2.91. The number of methoxy groups -OCH3 is 2. The van der Waals surface area contributed by atoms with Gasteiger partial charge in [0.1, 0.15) is 5.82 Å². The van der Waals surface area contributed by atoms with Crippen LogP contribution in [0.5, 0.6) is 0 Å². The van der Waals surface area contributed by atoms with Crippen LogP contribution in [0.25, 0.3) is 5.95 Å². The van der Waals surface area contributed by atoms with E-state index in [0.29, 0.717) is 31.4 Å². The van der Waals surface area contributed by atoms with Gasteiger partial charge in [0.25, 0.3) is 5.91 Å². The van der Waals surface area contributed by atoms with E-state index in [-0.39, 0.29) is 22.8 Å². The van der Waals surface area contributed by atoms with Crippen molar-refractivity contribution in [3.63, 3.8) is 0 Å². The summed E-state index contributed by atoms with van der Waals surface area (Å²) in [6, 6.07) is -0.238. The number of hydrogen-bond donors (Lipinski definition) is 2. The molecule has 0 unspecified atom stereocenters. The summed E-state index contributed by atoms with van der Waals surface area (Å²) >= 11 is 0. The quantitative estimate of drug-likeness (QED) is 0.660. The number of ketones is 1. The lowest BCUT2D eigenvalue weighted by Gasteiger charge is -2.29. The van der Waals surface area contributed by atoms with Gasteiger partial charge < -0.3 is 20.5 Å². The fourth-order valence-corrected chi connectivity index (χ4v) is 4.22. The van der Waals surface area contributed by atoms with Gasteiger partial charge in [0.2, 0.25) is 5.95 Å². The molecule has 0 bridgehead atoms. The molecule has 168 valence electrons. The fourth-order valence-electron chi connectivity index (χ4n) is 4.22. The Morgan fingerprint density at radius 3 is 2.48 bits per heavy atom. The largest absolute Gasteiger partial charge is 0.382 e. The van der Waals surface area contributed by atoms with Gasteiger partial charge in [-0.2, -0.15) is 4.98 Å². The van der Waals surface area contributed by atoms with E-state index >= 15 is 0 Å². The highest BCUT2D eigenvalue weighted by atomic mass is 16.5. The van der Waals surface area contributed by atoms with Gasteiger partial charge in [-0.05, 0) is 31.2 Å². The second-order valence-electron chi connectivity index (χ2n) is 8.86. The maximum Gasteiger partial charge on any atom is 0.254 e. The van der Waals surface area contributed by atoms with Crippen molar-refractivity contribution in [1.82, 2.24) is 14.5 Å². The number of primary amides is 1. The van der Waals surface area contributed by atoms with Gasteiger partial charge in [0.15, 0.2) is 5.78 Å². The van der Waals surface area contributed by atoms with Crippen molar-refractivity contribution < 1.29 is 19.1 Å². The molecule has 0 radical (unpaired) electrons. The van der Waals surface area contributed by atoms with Crippen LogP contribution in [0, 0.1) is 19.3 Å². The number of nitrogens with zero attached hydrogens (tertiary/aromatic N) is 3. The van der Waals surface area contributed by atoms with Gasteiger partial charge in [0.05, 0.1) is 24.8 Å². The molecule has 1 aliphatic carbocycles. The number of nitrogens with two attached hydrogens (primary N) is 1. The molecule has 1 aliphatic rings. The zero-order valence-corrected chi connectivity index (χ0v) is 19.0. The van der Waals surface area contributed by atoms with E-state index < -0.39 is 5.91 Å². The monoisotopic (exact) mass is 429 g/mol. The summed E-state index contributed by atoms with van der Waals surface area (Å²) in [5, 5.41) is 3.19. The minimum absolute atomic E-state index is 0.137. The molecular weight excluding hydrogens is 398 g/mol. The standard InChI is InChI=1S/C22H31N5O4/c1-12-13(2)27(16-7-22(3,4)8-17(28)18(12)16)21-24-9-15(19(23)29)20(26-21)25-14(10-30-5)11-31-6/h9,14H,7-8,10-11H2,1-6H3,(H2,23,29)(H,24,25,26). The number of rotatable bonds is 8. The van der Waals surface area contributed by atoms with Crippen molar-refractivity contribution >= 4 is 17.5 Å². The fraction of sp³-hybridized carbons (Fsp3) is 0.545. The number of Topliss-reactive ketones (excluding diaryl/α,β-unsaturated/α-hetero) is 1. The van der Waals surface area contributed by atoms with Gasteiger partial charge >= 0.3 is 0 Å². The van der Waals surface area contributed by atoms with Crippen molar-refractivity contribution in [3.8, 4) is 5.95 Å². The molecule has 2 heterocycles. The highest BCUT2D eigenvalue weighted by Gasteiger charge is 2.36. The Kier molecular flexibility index (Phi) is 6.47. The predicted molar refractivity (Wildman–Crippen MR) is 117 cm³/mol. The lowest BCUT2D eigenvalue weighted by atomic mass is 9.75. The number of carbonyl (C=O) groups is 2. The van der Waals surface area contributed by atoms with Crippen molar-refractivity contribution in [1.29, 1.82) is 0 Å². The molecule has 0 fully saturated rings. The number of fused-ring (bicyclic) bond motifs is 1. The van der Waals surface area contributed by atoms with Crippen LogP contribution in [0.4, 0.5) is 5.82 Å². The molecule has 31 heavy (non-hydrogen) atoms. The molecule has 2 aromatic heterocycles. The van der Waals surface area contributed by atoms with Gasteiger partial charge in [-0.3, -0.25) is 14.2 Å². The first-order valence-corrected chi connectivity index (χ1v) is 10.2. The van der Waals surface area contributed by atoms with Crippen molar-refractivity contribution in [2.45, 2.75) is 46.6 Å². The van der Waals surface area contributed by atoms with E-state index in [1.165, 1.54) is 6.20 Å². The van der Waals surface area contributed by atoms with Crippen LogP contribution >= 0.6 is 0 Å². The van der Waals surface area contributed by atoms with Gasteiger partial charge in [-0.1, -0.05) is 13.8 Å². The highest BCUT2D eigenvalue weighted by Crippen LogP contribution is 2.39. The number of anilines is 1. The molecule has 0 aromatic carbocycles. The van der Waals surface area contributed by atoms with Crippen LogP contribution in [0.15, 0.2) is 6.20 Å². The van der Waals surface area contributed by atoms with Crippen molar-refractivity contribution in [2.24, 2.45) is 11.1 Å². The number of ether oxygens (including phenoxy) is 2. The van der Waals surface area contributed by atoms with Gasteiger partial charge in [0, 0.05) is 43.8 Å². The third kappa shape index (κ3) is 4.47. The second-order valence-corrected chi connectivity index (χ2v) is 8.86. The minimum Gasteiger partial charge on any atom is -0.382 e. The van der Waals surface area contributed by atoms with Crippen LogP contribution in [0.1, 0.15) is 57.9 Å². The Bertz CT molecular complexity index is 1010. The number of nitrogens with one attached hydrogen (secondary N) is 1. The molecule has 0 spiro atoms. The van der Waals surface area contributed by atoms with E-state index in [1.807, 2.05) is 18.4 Å². The summed E-state index contributed by atoms with van der Waals surface area (Å²) in [5.74, 6) is 0.185. The van der Waals surface area contributed by atoms with Gasteiger partial charge in [-0.15, -0.1) is 0 Å². The Morgan fingerprint density at radius 1 is 1.26 bits per heavy atom. The maximum absolute atomic E-state index is 12.9. The van der Waals surface area contributed by atoms with Crippen LogP contribution in [0.2, 0.25) is 0 Å². The molecule has 0 aliphatic heterocycles. The van der Waals surface area contributed by atoms with Gasteiger partial charge in [-0.25, -0.2) is 4.98 Å². The first-order chi connectivity index (χ1) is 14.6. The molecule has 3 rings (SSSR count). The smallest absolute Gasteiger partial charge is 0.254 e. The Hall–Kier alpha value is -2.78. The average molecular weight is 430 g/mol. The van der Waals surface area contributed by atoms with E-state index in [9.17, 15) is 9.59 Å². The third-order valence-electron chi connectivity index (χ3n) is 5.69. The Morgan fingerprint density at radius 2 is 1.90 bits per heavy atom. The summed E-state index contributed by atoms with van der Waals surface area (Å²) in [4.78, 5) is 33.9. The number of aromatic nitrogens is 3. The van der Waals surface area contributed by atoms with Crippen molar-refractivity contribution in [2.75, 3.05) is 32.8 Å². The van der Waals surface area contributed by atoms with Crippen molar-refractivity contribution in [3.05, 3.63) is 34.3 Å². The zero-order valence-electron chi connectivity index (χ0n) is 19.0. The summed E-state index contributed by atoms with van der Waals surface area (Å²) in [6.07, 6.45) is 2.65. The molecule has 2 aromatic rings. The lowest BCUT2D eigenvalue weighted by Crippen LogP contribution is -2.32. The maximum atomic E-state index is 12.9. The summed E-state index contributed by atoms with van der Waals surface area (Å²) in [5.41, 5.74) is 9.06. The molecule has 1 amide bonds. The van der Waals surface area contributed by atoms with Crippen LogP contribution in [0.3, 0.4) is 0 Å². The van der Waals surface area contributed by atoms with Crippen LogP contribution in [-0.2, 0) is 15.9 Å². The summed E-state index contributed by atoms with van der Waals surface area (Å²) in [6.45, 7) is 8.77. The SMILES string of the molecule is COCC(COC)Nc1nc(-n2c(C)c(C)c3c2CC(C)(C)CC3=O)ncc1C(N)=O. The topological polar surface area (TPSA) is 121 Å². The predicted octanol–water partition coefficient (Wildman–Crippen LogP) is 2.21. The van der Waals surface area contributed by atoms with E-state index in [4.69, 9.17) is 15.2 Å². The second kappa shape index (κ2) is 8.76. The first kappa shape index (κ1) is 22.9. The third-order valence-corrected chi connectivity index (χ3v) is 5.69. The highest BCUT2D eigenvalue weighted by molar-refractivity contribution is 6.01. The number of carbonyl (C=O) groups excluding carboxylic acids is 2. The molecule has 0 saturated heterocycles. The Labute approximate surface area is 182 Å². The summed E-state index contributed by atoms with van der Waals surface area (Å²) < 4.78 is 12.4. The number of amides is 1. The molecular formula is C22H31N5O4. The lowest BCUT2D eigenvalue weighted by molar-refractivity contribution is 0.0909. The Balaban J connectivity index is 2.14. The summed E-state index contributed by atoms with van der Waals surface area (Å²) in [7, 11) is 3.17. The molecule has 9 heteroatoms. The molecule has 9 nitrogen and oxygen atoms in total. The van der Waals surface area contributed by atoms with E-state index in [2.05, 4.69) is 29.1 Å². The minimum atomic E-state index is -0.638. The van der Waals surface area contributed by atoms with Crippen LogP contribution in [-0.4, -0.2) is 59.7 Å². The van der Waals surface area contributed by atoms with E-state index in [1.54, 1.807) is 14.2 Å². The normalized spacial score (nSPS) is 15.3.